The van der Waals surface area contributed by atoms with Crippen molar-refractivity contribution in [1.29, 1.82) is 0 Å². The molecule has 1 heterocycles. The summed E-state index contributed by atoms with van der Waals surface area (Å²) < 4.78 is 4.92. The molecule has 0 aliphatic carbocycles. The van der Waals surface area contributed by atoms with Crippen LogP contribution in [0.4, 0.5) is 0 Å². The van der Waals surface area contributed by atoms with Crippen LogP contribution >= 0.6 is 11.6 Å². The second kappa shape index (κ2) is 3.69. The summed E-state index contributed by atoms with van der Waals surface area (Å²) >= 11 is 5.55. The Labute approximate surface area is 69.4 Å². The molecule has 1 rings (SSSR count). The number of rotatable bonds is 1. The molecule has 0 spiro atoms. The third-order valence-electron chi connectivity index (χ3n) is 1.70. The molecule has 0 radical (unpaired) electrons. The fourth-order valence-corrected chi connectivity index (χ4v) is 1.37. The summed E-state index contributed by atoms with van der Waals surface area (Å²) in [6.45, 7) is -0.332. The summed E-state index contributed by atoms with van der Waals surface area (Å²) in [4.78, 5) is 0. The van der Waals surface area contributed by atoms with E-state index in [2.05, 4.69) is 0 Å². The Morgan fingerprint density at radius 3 is 2.64 bits per heavy atom. The molecule has 4 unspecified atom stereocenters. The molecule has 0 aromatic carbocycles. The molecule has 66 valence electrons. The van der Waals surface area contributed by atoms with Crippen LogP contribution in [0.2, 0.25) is 0 Å². The predicted molar refractivity (Wildman–Crippen MR) is 38.2 cm³/mol. The zero-order chi connectivity index (χ0) is 8.43. The quantitative estimate of drug-likeness (QED) is 0.458. The van der Waals surface area contributed by atoms with Crippen LogP contribution in [0.15, 0.2) is 0 Å². The predicted octanol–water partition coefficient (Wildman–Crippen LogP) is -0.946. The van der Waals surface area contributed by atoms with Crippen LogP contribution in [0.25, 0.3) is 0 Å². The van der Waals surface area contributed by atoms with E-state index < -0.39 is 23.9 Å². The molecule has 1 aliphatic heterocycles. The summed E-state index contributed by atoms with van der Waals surface area (Å²) in [5, 5.41) is 26.9. The van der Waals surface area contributed by atoms with Crippen LogP contribution in [0.5, 0.6) is 0 Å². The van der Waals surface area contributed by atoms with E-state index in [0.29, 0.717) is 0 Å². The van der Waals surface area contributed by atoms with Crippen molar-refractivity contribution in [2.45, 2.75) is 30.3 Å². The van der Waals surface area contributed by atoms with Gasteiger partial charge in [-0.2, -0.15) is 0 Å². The second-order valence-corrected chi connectivity index (χ2v) is 3.05. The number of hydrogen-bond donors (Lipinski definition) is 3. The first-order valence-electron chi connectivity index (χ1n) is 3.41. The Hall–Kier alpha value is 0.130. The molecule has 5 heteroatoms. The maximum Gasteiger partial charge on any atom is 0.134 e. The van der Waals surface area contributed by atoms with E-state index in [1.807, 2.05) is 0 Å². The molecule has 1 aliphatic rings. The molecule has 1 saturated heterocycles. The van der Waals surface area contributed by atoms with Crippen molar-refractivity contribution < 1.29 is 20.1 Å². The van der Waals surface area contributed by atoms with Crippen molar-refractivity contribution in [2.75, 3.05) is 6.61 Å². The standard InChI is InChI=1S/C6H11ClO4/c7-5-1-3(9)6(10)4(2-8)11-5/h3-6,8-10H,1-2H2. The van der Waals surface area contributed by atoms with Crippen LogP contribution in [-0.4, -0.2) is 45.8 Å². The number of aliphatic hydroxyl groups is 3. The highest BCUT2D eigenvalue weighted by molar-refractivity contribution is 6.19. The molecule has 4 nitrogen and oxygen atoms in total. The number of alkyl halides is 1. The van der Waals surface area contributed by atoms with Gasteiger partial charge in [0, 0.05) is 6.42 Å². The molecule has 11 heavy (non-hydrogen) atoms. The third kappa shape index (κ3) is 2.04. The fourth-order valence-electron chi connectivity index (χ4n) is 1.05. The number of halogens is 1. The van der Waals surface area contributed by atoms with E-state index in [1.165, 1.54) is 0 Å². The smallest absolute Gasteiger partial charge is 0.134 e. The van der Waals surface area contributed by atoms with Gasteiger partial charge in [-0.05, 0) is 0 Å². The molecule has 0 aromatic heterocycles. The molecule has 0 bridgehead atoms. The van der Waals surface area contributed by atoms with Gasteiger partial charge in [-0.3, -0.25) is 0 Å². The topological polar surface area (TPSA) is 69.9 Å². The molecular weight excluding hydrogens is 172 g/mol. The Balaban J connectivity index is 2.51. The van der Waals surface area contributed by atoms with Crippen molar-refractivity contribution in [3.8, 4) is 0 Å². The maximum atomic E-state index is 9.16. The Morgan fingerprint density at radius 1 is 1.45 bits per heavy atom. The van der Waals surface area contributed by atoms with Crippen molar-refractivity contribution in [1.82, 2.24) is 0 Å². The van der Waals surface area contributed by atoms with Crippen molar-refractivity contribution >= 4 is 11.6 Å². The van der Waals surface area contributed by atoms with Crippen molar-refractivity contribution in [3.63, 3.8) is 0 Å². The average molecular weight is 183 g/mol. The van der Waals surface area contributed by atoms with Gasteiger partial charge in [0.15, 0.2) is 0 Å². The van der Waals surface area contributed by atoms with Gasteiger partial charge < -0.3 is 20.1 Å². The lowest BCUT2D eigenvalue weighted by molar-refractivity contribution is -0.159. The fraction of sp³-hybridized carbons (Fsp3) is 1.00. The molecule has 3 N–H and O–H groups in total. The summed E-state index contributed by atoms with van der Waals surface area (Å²) in [6.07, 6.45) is -2.50. The second-order valence-electron chi connectivity index (χ2n) is 2.56. The van der Waals surface area contributed by atoms with Gasteiger partial charge in [0.2, 0.25) is 0 Å². The van der Waals surface area contributed by atoms with Gasteiger partial charge in [-0.1, -0.05) is 11.6 Å². The van der Waals surface area contributed by atoms with Gasteiger partial charge in [-0.25, -0.2) is 0 Å². The van der Waals surface area contributed by atoms with Crippen molar-refractivity contribution in [3.05, 3.63) is 0 Å². The number of ether oxygens (including phenoxy) is 1. The summed E-state index contributed by atoms with van der Waals surface area (Å²) in [7, 11) is 0. The first-order valence-corrected chi connectivity index (χ1v) is 3.85. The highest BCUT2D eigenvalue weighted by Crippen LogP contribution is 2.22. The van der Waals surface area contributed by atoms with E-state index in [-0.39, 0.29) is 13.0 Å². The van der Waals surface area contributed by atoms with Gasteiger partial charge in [0.1, 0.15) is 17.8 Å². The minimum atomic E-state index is -1.03. The number of hydrogen-bond acceptors (Lipinski definition) is 4. The molecule has 0 aromatic rings. The SMILES string of the molecule is OCC1OC(Cl)CC(O)C1O. The monoisotopic (exact) mass is 182 g/mol. The van der Waals surface area contributed by atoms with E-state index in [4.69, 9.17) is 31.7 Å². The minimum Gasteiger partial charge on any atom is -0.394 e. The lowest BCUT2D eigenvalue weighted by Gasteiger charge is -2.33. The van der Waals surface area contributed by atoms with E-state index in [0.717, 1.165) is 0 Å². The molecule has 1 fully saturated rings. The normalized spacial score (nSPS) is 45.8. The highest BCUT2D eigenvalue weighted by Gasteiger charge is 2.35. The van der Waals surface area contributed by atoms with E-state index in [1.54, 1.807) is 0 Å². The lowest BCUT2D eigenvalue weighted by atomic mass is 10.0. The van der Waals surface area contributed by atoms with Crippen LogP contribution < -0.4 is 0 Å². The minimum absolute atomic E-state index is 0.194. The van der Waals surface area contributed by atoms with Gasteiger partial charge in [-0.15, -0.1) is 0 Å². The van der Waals surface area contributed by atoms with Gasteiger partial charge in [0.25, 0.3) is 0 Å². The summed E-state index contributed by atoms with van der Waals surface area (Å²) in [6, 6.07) is 0. The van der Waals surface area contributed by atoms with E-state index in [9.17, 15) is 0 Å². The first kappa shape index (κ1) is 9.22. The Bertz CT molecular complexity index is 132. The van der Waals surface area contributed by atoms with Crippen LogP contribution in [0.3, 0.4) is 0 Å². The average Bonchev–Trinajstić information content (AvgIpc) is 1.96. The molecule has 4 atom stereocenters. The van der Waals surface area contributed by atoms with Crippen LogP contribution in [-0.2, 0) is 4.74 Å². The van der Waals surface area contributed by atoms with Crippen LogP contribution in [0.1, 0.15) is 6.42 Å². The van der Waals surface area contributed by atoms with Gasteiger partial charge >= 0.3 is 0 Å². The first-order chi connectivity index (χ1) is 5.15. The summed E-state index contributed by atoms with van der Waals surface area (Å²) in [5.41, 5.74) is -0.620. The molecular formula is C6H11ClO4. The van der Waals surface area contributed by atoms with Gasteiger partial charge in [0.05, 0.1) is 12.7 Å². The zero-order valence-corrected chi connectivity index (χ0v) is 6.61. The number of aliphatic hydroxyl groups excluding tert-OH is 3. The molecule has 0 saturated carbocycles. The summed E-state index contributed by atoms with van der Waals surface area (Å²) in [5.74, 6) is 0. The lowest BCUT2D eigenvalue weighted by Crippen LogP contribution is -2.48. The van der Waals surface area contributed by atoms with Crippen molar-refractivity contribution in [2.24, 2.45) is 0 Å². The highest BCUT2D eigenvalue weighted by atomic mass is 35.5. The Kier molecular flexibility index (Phi) is 3.09. The maximum absolute atomic E-state index is 9.16. The zero-order valence-electron chi connectivity index (χ0n) is 5.85. The van der Waals surface area contributed by atoms with Crippen LogP contribution in [0, 0.1) is 0 Å². The largest absolute Gasteiger partial charge is 0.394 e. The third-order valence-corrected chi connectivity index (χ3v) is 1.99. The van der Waals surface area contributed by atoms with E-state index >= 15 is 0 Å². The Morgan fingerprint density at radius 2 is 2.09 bits per heavy atom. The molecule has 0 amide bonds.